The summed E-state index contributed by atoms with van der Waals surface area (Å²) in [6.45, 7) is 3.97. The summed E-state index contributed by atoms with van der Waals surface area (Å²) in [6, 6.07) is 30.2. The molecule has 3 rings (SSSR count). The Morgan fingerprint density at radius 1 is 0.696 bits per heavy atom. The first kappa shape index (κ1) is 15.5. The third-order valence-electron chi connectivity index (χ3n) is 4.20. The standard InChI is InChI=1S/C22H23N/c1-18-12-14-21(15-13-18)22(20-10-6-3-7-11-20)17-23-16-19-8-4-2-5-9-19/h2-15,22-23H,16-17H2,1H3/t22-/m0/s1. The van der Waals surface area contributed by atoms with Crippen LogP contribution in [-0.2, 0) is 6.54 Å². The first-order chi connectivity index (χ1) is 11.3. The highest BCUT2D eigenvalue weighted by molar-refractivity contribution is 5.34. The number of nitrogens with one attached hydrogen (secondary N) is 1. The zero-order chi connectivity index (χ0) is 15.9. The van der Waals surface area contributed by atoms with Gasteiger partial charge in [0.1, 0.15) is 0 Å². The summed E-state index contributed by atoms with van der Waals surface area (Å²) in [7, 11) is 0. The topological polar surface area (TPSA) is 12.0 Å². The zero-order valence-electron chi connectivity index (χ0n) is 13.6. The van der Waals surface area contributed by atoms with Crippen molar-refractivity contribution < 1.29 is 0 Å². The zero-order valence-corrected chi connectivity index (χ0v) is 13.6. The number of rotatable bonds is 6. The molecule has 0 aliphatic heterocycles. The Bertz CT molecular complexity index is 702. The van der Waals surface area contributed by atoms with Crippen LogP contribution >= 0.6 is 0 Å². The van der Waals surface area contributed by atoms with Crippen LogP contribution in [0.3, 0.4) is 0 Å². The van der Waals surface area contributed by atoms with Gasteiger partial charge in [-0.15, -0.1) is 0 Å². The van der Waals surface area contributed by atoms with E-state index in [1.165, 1.54) is 22.3 Å². The fourth-order valence-corrected chi connectivity index (χ4v) is 2.87. The van der Waals surface area contributed by atoms with E-state index in [0.717, 1.165) is 13.1 Å². The van der Waals surface area contributed by atoms with Crippen LogP contribution in [-0.4, -0.2) is 6.54 Å². The van der Waals surface area contributed by atoms with E-state index in [2.05, 4.69) is 97.2 Å². The smallest absolute Gasteiger partial charge is 0.0214 e. The molecule has 0 unspecified atom stereocenters. The third kappa shape index (κ3) is 4.30. The van der Waals surface area contributed by atoms with E-state index in [-0.39, 0.29) is 0 Å². The number of hydrogen-bond donors (Lipinski definition) is 1. The summed E-state index contributed by atoms with van der Waals surface area (Å²) < 4.78 is 0. The molecule has 23 heavy (non-hydrogen) atoms. The van der Waals surface area contributed by atoms with Crippen LogP contribution in [0.1, 0.15) is 28.2 Å². The van der Waals surface area contributed by atoms with Crippen molar-refractivity contribution in [2.45, 2.75) is 19.4 Å². The van der Waals surface area contributed by atoms with Gasteiger partial charge in [0, 0.05) is 19.0 Å². The van der Waals surface area contributed by atoms with Crippen molar-refractivity contribution >= 4 is 0 Å². The van der Waals surface area contributed by atoms with Gasteiger partial charge in [-0.2, -0.15) is 0 Å². The van der Waals surface area contributed by atoms with Crippen molar-refractivity contribution in [1.29, 1.82) is 0 Å². The largest absolute Gasteiger partial charge is 0.312 e. The summed E-state index contributed by atoms with van der Waals surface area (Å²) in [5, 5.41) is 3.61. The highest BCUT2D eigenvalue weighted by atomic mass is 14.9. The SMILES string of the molecule is Cc1ccc([C@@H](CNCc2ccccc2)c2ccccc2)cc1. The Hall–Kier alpha value is -2.38. The normalized spacial score (nSPS) is 12.0. The molecule has 0 aromatic heterocycles. The van der Waals surface area contributed by atoms with Crippen molar-refractivity contribution in [3.63, 3.8) is 0 Å². The van der Waals surface area contributed by atoms with Gasteiger partial charge in [-0.25, -0.2) is 0 Å². The highest BCUT2D eigenvalue weighted by Gasteiger charge is 2.13. The summed E-state index contributed by atoms with van der Waals surface area (Å²) in [5.41, 5.74) is 5.35. The summed E-state index contributed by atoms with van der Waals surface area (Å²) in [5.74, 6) is 0.375. The maximum atomic E-state index is 3.61. The van der Waals surface area contributed by atoms with E-state index in [4.69, 9.17) is 0 Å². The molecule has 3 aromatic rings. The molecule has 3 aromatic carbocycles. The lowest BCUT2D eigenvalue weighted by atomic mass is 9.90. The first-order valence-corrected chi connectivity index (χ1v) is 8.19. The molecule has 1 N–H and O–H groups in total. The first-order valence-electron chi connectivity index (χ1n) is 8.19. The second-order valence-electron chi connectivity index (χ2n) is 5.99. The predicted molar refractivity (Wildman–Crippen MR) is 97.6 cm³/mol. The summed E-state index contributed by atoms with van der Waals surface area (Å²) in [6.07, 6.45) is 0. The fourth-order valence-electron chi connectivity index (χ4n) is 2.87. The number of hydrogen-bond acceptors (Lipinski definition) is 1. The Morgan fingerprint density at radius 2 is 1.26 bits per heavy atom. The van der Waals surface area contributed by atoms with Gasteiger partial charge in [-0.3, -0.25) is 0 Å². The second-order valence-corrected chi connectivity index (χ2v) is 5.99. The lowest BCUT2D eigenvalue weighted by Gasteiger charge is -2.19. The molecular weight excluding hydrogens is 278 g/mol. The van der Waals surface area contributed by atoms with Crippen molar-refractivity contribution in [3.8, 4) is 0 Å². The Morgan fingerprint density at radius 3 is 1.91 bits per heavy atom. The van der Waals surface area contributed by atoms with Gasteiger partial charge in [-0.05, 0) is 23.6 Å². The number of benzene rings is 3. The van der Waals surface area contributed by atoms with Crippen LogP contribution < -0.4 is 5.32 Å². The monoisotopic (exact) mass is 301 g/mol. The van der Waals surface area contributed by atoms with E-state index in [9.17, 15) is 0 Å². The molecule has 0 heterocycles. The molecule has 1 nitrogen and oxygen atoms in total. The average molecular weight is 301 g/mol. The predicted octanol–water partition coefficient (Wildman–Crippen LogP) is 4.92. The minimum absolute atomic E-state index is 0.375. The maximum Gasteiger partial charge on any atom is 0.0214 e. The molecule has 116 valence electrons. The van der Waals surface area contributed by atoms with E-state index >= 15 is 0 Å². The van der Waals surface area contributed by atoms with E-state index < -0.39 is 0 Å². The molecular formula is C22H23N. The molecule has 0 saturated carbocycles. The molecule has 1 heteroatoms. The minimum Gasteiger partial charge on any atom is -0.312 e. The molecule has 0 aliphatic rings. The van der Waals surface area contributed by atoms with Gasteiger partial charge in [0.2, 0.25) is 0 Å². The van der Waals surface area contributed by atoms with E-state index in [0.29, 0.717) is 5.92 Å². The van der Waals surface area contributed by atoms with Crippen LogP contribution in [0, 0.1) is 6.92 Å². The summed E-state index contributed by atoms with van der Waals surface area (Å²) >= 11 is 0. The fraction of sp³-hybridized carbons (Fsp3) is 0.182. The van der Waals surface area contributed by atoms with Gasteiger partial charge in [0.15, 0.2) is 0 Å². The van der Waals surface area contributed by atoms with E-state index in [1.54, 1.807) is 0 Å². The molecule has 0 saturated heterocycles. The van der Waals surface area contributed by atoms with Gasteiger partial charge in [-0.1, -0.05) is 90.5 Å². The van der Waals surface area contributed by atoms with Crippen molar-refractivity contribution in [3.05, 3.63) is 107 Å². The van der Waals surface area contributed by atoms with Gasteiger partial charge >= 0.3 is 0 Å². The van der Waals surface area contributed by atoms with Gasteiger partial charge in [0.25, 0.3) is 0 Å². The van der Waals surface area contributed by atoms with Crippen molar-refractivity contribution in [2.75, 3.05) is 6.54 Å². The average Bonchev–Trinajstić information content (AvgIpc) is 2.61. The number of aryl methyl sites for hydroxylation is 1. The van der Waals surface area contributed by atoms with Crippen molar-refractivity contribution in [2.24, 2.45) is 0 Å². The van der Waals surface area contributed by atoms with Crippen LogP contribution in [0.4, 0.5) is 0 Å². The lowest BCUT2D eigenvalue weighted by Crippen LogP contribution is -2.22. The molecule has 0 aliphatic carbocycles. The third-order valence-corrected chi connectivity index (χ3v) is 4.20. The van der Waals surface area contributed by atoms with E-state index in [1.807, 2.05) is 0 Å². The molecule has 0 spiro atoms. The Labute approximate surface area is 139 Å². The van der Waals surface area contributed by atoms with Gasteiger partial charge < -0.3 is 5.32 Å². The molecule has 1 atom stereocenters. The van der Waals surface area contributed by atoms with Gasteiger partial charge in [0.05, 0.1) is 0 Å². The quantitative estimate of drug-likeness (QED) is 0.681. The molecule has 0 radical (unpaired) electrons. The molecule has 0 amide bonds. The lowest BCUT2D eigenvalue weighted by molar-refractivity contribution is 0.636. The maximum absolute atomic E-state index is 3.61. The van der Waals surface area contributed by atoms with Crippen LogP contribution in [0.15, 0.2) is 84.9 Å². The second kappa shape index (κ2) is 7.75. The summed E-state index contributed by atoms with van der Waals surface area (Å²) in [4.78, 5) is 0. The van der Waals surface area contributed by atoms with Crippen LogP contribution in [0.2, 0.25) is 0 Å². The Balaban J connectivity index is 1.74. The Kier molecular flexibility index (Phi) is 5.23. The minimum atomic E-state index is 0.375. The molecule has 0 fully saturated rings. The van der Waals surface area contributed by atoms with Crippen LogP contribution in [0.25, 0.3) is 0 Å². The van der Waals surface area contributed by atoms with Crippen LogP contribution in [0.5, 0.6) is 0 Å². The highest BCUT2D eigenvalue weighted by Crippen LogP contribution is 2.24. The molecule has 0 bridgehead atoms. The van der Waals surface area contributed by atoms with Crippen molar-refractivity contribution in [1.82, 2.24) is 5.32 Å².